The molecule has 1 aromatic carbocycles. The molecule has 0 amide bonds. The van der Waals surface area contributed by atoms with Gasteiger partial charge in [-0.1, -0.05) is 25.1 Å². The Morgan fingerprint density at radius 2 is 1.96 bits per heavy atom. The number of fused-ring (bicyclic) bond motifs is 1. The number of nitrogens with one attached hydrogen (secondary N) is 1. The second kappa shape index (κ2) is 7.00. The summed E-state index contributed by atoms with van der Waals surface area (Å²) < 4.78 is 0. The number of benzene rings is 1. The molecular formula is C21H21N3OS. The van der Waals surface area contributed by atoms with E-state index < -0.39 is 0 Å². The second-order valence-electron chi connectivity index (χ2n) is 6.67. The highest BCUT2D eigenvalue weighted by molar-refractivity contribution is 7.10. The van der Waals surface area contributed by atoms with Crippen molar-refractivity contribution in [2.75, 3.05) is 5.32 Å². The summed E-state index contributed by atoms with van der Waals surface area (Å²) in [5, 5.41) is 5.34. The molecule has 1 N–H and O–H groups in total. The first-order valence-electron chi connectivity index (χ1n) is 8.94. The maximum Gasteiger partial charge on any atom is 0.227 e. The molecular weight excluding hydrogens is 342 g/mol. The first-order valence-corrected chi connectivity index (χ1v) is 9.82. The Labute approximate surface area is 157 Å². The van der Waals surface area contributed by atoms with Gasteiger partial charge in [-0.2, -0.15) is 0 Å². The van der Waals surface area contributed by atoms with E-state index in [0.29, 0.717) is 17.9 Å². The van der Waals surface area contributed by atoms with Crippen molar-refractivity contribution in [1.82, 2.24) is 9.97 Å². The molecule has 2 aromatic heterocycles. The Kier molecular flexibility index (Phi) is 4.55. The fraction of sp³-hybridized carbons (Fsp3) is 0.286. The van der Waals surface area contributed by atoms with Crippen molar-refractivity contribution in [1.29, 1.82) is 0 Å². The van der Waals surface area contributed by atoms with Crippen LogP contribution in [0.5, 0.6) is 0 Å². The van der Waals surface area contributed by atoms with Crippen LogP contribution < -0.4 is 5.32 Å². The topological polar surface area (TPSA) is 54.9 Å². The van der Waals surface area contributed by atoms with Crippen LogP contribution >= 0.6 is 11.3 Å². The monoisotopic (exact) mass is 363 g/mol. The lowest BCUT2D eigenvalue weighted by atomic mass is 9.84. The molecule has 3 aromatic rings. The number of hydrogen-bond donors (Lipinski definition) is 1. The maximum atomic E-state index is 12.7. The number of ketones is 1. The number of anilines is 2. The van der Waals surface area contributed by atoms with Crippen molar-refractivity contribution in [3.8, 4) is 0 Å². The number of carbonyl (C=O) groups is 1. The third-order valence-corrected chi connectivity index (χ3v) is 5.91. The molecule has 1 aliphatic rings. The summed E-state index contributed by atoms with van der Waals surface area (Å²) in [6.45, 7) is 4.04. The van der Waals surface area contributed by atoms with E-state index in [1.165, 1.54) is 10.4 Å². The van der Waals surface area contributed by atoms with Gasteiger partial charge in [-0.25, -0.2) is 9.97 Å². The van der Waals surface area contributed by atoms with Gasteiger partial charge in [0, 0.05) is 22.9 Å². The summed E-state index contributed by atoms with van der Waals surface area (Å²) in [5.74, 6) is 0.937. The van der Waals surface area contributed by atoms with Gasteiger partial charge in [0.15, 0.2) is 5.78 Å². The standard InChI is InChI=1S/C21H21N3OS/c1-3-14-6-8-16(9-7-14)23-21-22-13(2)20-17(24-21)11-15(12-18(20)25)19-5-4-10-26-19/h4-10,15H,3,11-12H2,1-2H3,(H,22,23,24)/t15-/m0/s1. The highest BCUT2D eigenvalue weighted by Crippen LogP contribution is 2.35. The van der Waals surface area contributed by atoms with Crippen LogP contribution in [0.25, 0.3) is 0 Å². The van der Waals surface area contributed by atoms with E-state index in [9.17, 15) is 4.79 Å². The van der Waals surface area contributed by atoms with Gasteiger partial charge in [-0.05, 0) is 48.9 Å². The zero-order valence-corrected chi connectivity index (χ0v) is 15.8. The normalized spacial score (nSPS) is 16.4. The summed E-state index contributed by atoms with van der Waals surface area (Å²) in [6.07, 6.45) is 2.35. The van der Waals surface area contributed by atoms with E-state index in [1.807, 2.05) is 25.1 Å². The largest absolute Gasteiger partial charge is 0.324 e. The number of aryl methyl sites for hydroxylation is 2. The smallest absolute Gasteiger partial charge is 0.227 e. The highest BCUT2D eigenvalue weighted by atomic mass is 32.1. The molecule has 5 heteroatoms. The SMILES string of the molecule is CCc1ccc(Nc2nc(C)c3c(n2)C[C@H](c2cccs2)CC3=O)cc1. The summed E-state index contributed by atoms with van der Waals surface area (Å²) in [4.78, 5) is 23.1. The molecule has 0 saturated carbocycles. The van der Waals surface area contributed by atoms with E-state index in [1.54, 1.807) is 11.3 Å². The lowest BCUT2D eigenvalue weighted by Crippen LogP contribution is -2.22. The Morgan fingerprint density at radius 1 is 1.15 bits per heavy atom. The molecule has 0 saturated heterocycles. The van der Waals surface area contributed by atoms with Gasteiger partial charge in [0.25, 0.3) is 0 Å². The minimum absolute atomic E-state index is 0.154. The van der Waals surface area contributed by atoms with Crippen LogP contribution in [0, 0.1) is 6.92 Å². The third kappa shape index (κ3) is 3.27. The fourth-order valence-electron chi connectivity index (χ4n) is 3.51. The molecule has 4 nitrogen and oxygen atoms in total. The van der Waals surface area contributed by atoms with Gasteiger partial charge >= 0.3 is 0 Å². The van der Waals surface area contributed by atoms with Crippen molar-refractivity contribution in [3.63, 3.8) is 0 Å². The van der Waals surface area contributed by atoms with Crippen molar-refractivity contribution >= 4 is 28.8 Å². The van der Waals surface area contributed by atoms with E-state index in [2.05, 4.69) is 45.8 Å². The Bertz CT molecular complexity index is 933. The number of hydrogen-bond acceptors (Lipinski definition) is 5. The number of aromatic nitrogens is 2. The summed E-state index contributed by atoms with van der Waals surface area (Å²) >= 11 is 1.71. The van der Waals surface area contributed by atoms with Gasteiger partial charge in [0.2, 0.25) is 5.95 Å². The average Bonchev–Trinajstić information content (AvgIpc) is 3.16. The number of Topliss-reactive ketones (excluding diaryl/α,β-unsaturated/α-hetero) is 1. The highest BCUT2D eigenvalue weighted by Gasteiger charge is 2.30. The van der Waals surface area contributed by atoms with Gasteiger partial charge in [0.1, 0.15) is 0 Å². The van der Waals surface area contributed by atoms with Crippen molar-refractivity contribution in [2.45, 2.75) is 39.0 Å². The minimum Gasteiger partial charge on any atom is -0.324 e. The van der Waals surface area contributed by atoms with Crippen LogP contribution in [0.3, 0.4) is 0 Å². The van der Waals surface area contributed by atoms with Crippen LogP contribution in [0.1, 0.15) is 51.4 Å². The Hall–Kier alpha value is -2.53. The zero-order chi connectivity index (χ0) is 18.1. The molecule has 1 aliphatic carbocycles. The zero-order valence-electron chi connectivity index (χ0n) is 15.0. The predicted molar refractivity (Wildman–Crippen MR) is 106 cm³/mol. The minimum atomic E-state index is 0.154. The summed E-state index contributed by atoms with van der Waals surface area (Å²) in [6, 6.07) is 12.4. The van der Waals surface area contributed by atoms with E-state index in [4.69, 9.17) is 0 Å². The molecule has 0 spiro atoms. The molecule has 26 heavy (non-hydrogen) atoms. The van der Waals surface area contributed by atoms with Gasteiger partial charge in [0.05, 0.1) is 17.0 Å². The van der Waals surface area contributed by atoms with Gasteiger partial charge in [-0.15, -0.1) is 11.3 Å². The van der Waals surface area contributed by atoms with Crippen molar-refractivity contribution in [3.05, 3.63) is 69.2 Å². The van der Waals surface area contributed by atoms with Gasteiger partial charge < -0.3 is 5.32 Å². The maximum absolute atomic E-state index is 12.7. The molecule has 0 aliphatic heterocycles. The van der Waals surface area contributed by atoms with Crippen LogP contribution in [0.4, 0.5) is 11.6 Å². The fourth-order valence-corrected chi connectivity index (χ4v) is 4.34. The molecule has 1 atom stereocenters. The lowest BCUT2D eigenvalue weighted by Gasteiger charge is -2.23. The van der Waals surface area contributed by atoms with Crippen molar-refractivity contribution < 1.29 is 4.79 Å². The summed E-state index contributed by atoms with van der Waals surface area (Å²) in [7, 11) is 0. The lowest BCUT2D eigenvalue weighted by molar-refractivity contribution is 0.0962. The molecule has 0 radical (unpaired) electrons. The molecule has 0 fully saturated rings. The average molecular weight is 363 g/mol. The molecule has 0 bridgehead atoms. The third-order valence-electron chi connectivity index (χ3n) is 4.88. The van der Waals surface area contributed by atoms with Crippen molar-refractivity contribution in [2.24, 2.45) is 0 Å². The molecule has 0 unspecified atom stereocenters. The molecule has 2 heterocycles. The number of rotatable bonds is 4. The predicted octanol–water partition coefficient (Wildman–Crippen LogP) is 5.07. The number of nitrogens with zero attached hydrogens (tertiary/aromatic N) is 2. The molecule has 132 valence electrons. The van der Waals surface area contributed by atoms with E-state index in [-0.39, 0.29) is 11.7 Å². The van der Waals surface area contributed by atoms with E-state index >= 15 is 0 Å². The van der Waals surface area contributed by atoms with Crippen LogP contribution in [0.2, 0.25) is 0 Å². The number of carbonyl (C=O) groups excluding carboxylic acids is 1. The Morgan fingerprint density at radius 3 is 2.65 bits per heavy atom. The van der Waals surface area contributed by atoms with Gasteiger partial charge in [-0.3, -0.25) is 4.79 Å². The quantitative estimate of drug-likeness (QED) is 0.703. The van der Waals surface area contributed by atoms with Crippen LogP contribution in [0.15, 0.2) is 41.8 Å². The molecule has 4 rings (SSSR count). The first kappa shape index (κ1) is 16.9. The first-order chi connectivity index (χ1) is 12.6. The Balaban J connectivity index is 1.63. The summed E-state index contributed by atoms with van der Waals surface area (Å²) in [5.41, 5.74) is 4.59. The number of thiophene rings is 1. The second-order valence-corrected chi connectivity index (χ2v) is 7.65. The van der Waals surface area contributed by atoms with Crippen LogP contribution in [-0.4, -0.2) is 15.8 Å². The van der Waals surface area contributed by atoms with Crippen LogP contribution in [-0.2, 0) is 12.8 Å². The van der Waals surface area contributed by atoms with E-state index in [0.717, 1.165) is 29.9 Å².